The molecule has 0 saturated carbocycles. The normalized spacial score (nSPS) is 10.9. The van der Waals surface area contributed by atoms with E-state index in [0.717, 1.165) is 0 Å². The van der Waals surface area contributed by atoms with Crippen molar-refractivity contribution in [3.05, 3.63) is 30.0 Å². The van der Waals surface area contributed by atoms with Gasteiger partial charge in [-0.3, -0.25) is 0 Å². The van der Waals surface area contributed by atoms with Crippen LogP contribution < -0.4 is 4.84 Å². The Bertz CT molecular complexity index is 539. The molecule has 1 N–H and O–H groups in total. The third-order valence-corrected chi connectivity index (χ3v) is 1.92. The number of carboxylic acids is 1. The van der Waals surface area contributed by atoms with Crippen molar-refractivity contribution in [2.75, 3.05) is 0 Å². The van der Waals surface area contributed by atoms with Crippen LogP contribution in [-0.4, -0.2) is 27.6 Å². The molecule has 16 heavy (non-hydrogen) atoms. The number of aromatic nitrogens is 2. The van der Waals surface area contributed by atoms with Crippen LogP contribution in [0.5, 0.6) is 0 Å². The quantitative estimate of drug-likeness (QED) is 0.862. The predicted octanol–water partition coefficient (Wildman–Crippen LogP) is 1.39. The number of rotatable bonds is 3. The predicted molar refractivity (Wildman–Crippen MR) is 49.3 cm³/mol. The molecule has 0 saturated heterocycles. The maximum atomic E-state index is 11.9. The maximum absolute atomic E-state index is 11.9. The number of carboxylic acid groups (broad SMARTS) is 1. The summed E-state index contributed by atoms with van der Waals surface area (Å²) in [6, 6.07) is 4.09. The number of benzene rings is 1. The molecule has 0 aliphatic carbocycles. The first-order valence-corrected chi connectivity index (χ1v) is 4.24. The van der Waals surface area contributed by atoms with Gasteiger partial charge < -0.3 is 9.94 Å². The van der Waals surface area contributed by atoms with E-state index in [9.17, 15) is 13.6 Å². The van der Waals surface area contributed by atoms with E-state index in [2.05, 4.69) is 9.94 Å². The topological polar surface area (TPSA) is 64.3 Å². The van der Waals surface area contributed by atoms with Crippen molar-refractivity contribution >= 4 is 16.9 Å². The fraction of sp³-hybridized carbons (Fsp3) is 0.111. The molecular weight excluding hydrogens is 222 g/mol. The van der Waals surface area contributed by atoms with Gasteiger partial charge in [-0.1, -0.05) is 4.85 Å². The molecule has 2 rings (SSSR count). The summed E-state index contributed by atoms with van der Waals surface area (Å²) in [5, 5.41) is 12.8. The molecule has 0 spiro atoms. The third-order valence-electron chi connectivity index (χ3n) is 1.92. The first-order valence-electron chi connectivity index (χ1n) is 4.24. The van der Waals surface area contributed by atoms with Gasteiger partial charge in [0.05, 0.1) is 17.3 Å². The lowest BCUT2D eigenvalue weighted by molar-refractivity contribution is -0.142. The average Bonchev–Trinajstić information content (AvgIpc) is 2.56. The van der Waals surface area contributed by atoms with Gasteiger partial charge in [0, 0.05) is 5.39 Å². The Balaban J connectivity index is 2.42. The van der Waals surface area contributed by atoms with E-state index in [1.807, 2.05) is 0 Å². The van der Waals surface area contributed by atoms with Gasteiger partial charge >= 0.3 is 12.6 Å². The molecule has 0 atom stereocenters. The summed E-state index contributed by atoms with van der Waals surface area (Å²) in [7, 11) is 0. The molecule has 7 heteroatoms. The monoisotopic (exact) mass is 228 g/mol. The summed E-state index contributed by atoms with van der Waals surface area (Å²) >= 11 is 0. The van der Waals surface area contributed by atoms with Crippen molar-refractivity contribution in [2.45, 2.75) is 6.61 Å². The van der Waals surface area contributed by atoms with Gasteiger partial charge in [-0.05, 0) is 18.2 Å². The van der Waals surface area contributed by atoms with Gasteiger partial charge in [0.2, 0.25) is 0 Å². The largest absolute Gasteiger partial charge is 0.478 e. The van der Waals surface area contributed by atoms with Crippen LogP contribution in [0.25, 0.3) is 10.9 Å². The van der Waals surface area contributed by atoms with Crippen LogP contribution in [0.4, 0.5) is 8.78 Å². The zero-order chi connectivity index (χ0) is 11.7. The molecule has 1 aromatic heterocycles. The summed E-state index contributed by atoms with van der Waals surface area (Å²) in [4.78, 5) is 15.3. The number of halogens is 2. The number of nitrogens with zero attached hydrogens (tertiary/aromatic N) is 2. The van der Waals surface area contributed by atoms with Gasteiger partial charge in [-0.25, -0.2) is 4.79 Å². The highest BCUT2D eigenvalue weighted by atomic mass is 19.3. The number of fused-ring (bicyclic) bond motifs is 1. The molecule has 0 amide bonds. The Kier molecular flexibility index (Phi) is 2.43. The van der Waals surface area contributed by atoms with E-state index in [1.54, 1.807) is 0 Å². The van der Waals surface area contributed by atoms with E-state index < -0.39 is 12.6 Å². The summed E-state index contributed by atoms with van der Waals surface area (Å²) in [6.45, 7) is -2.98. The van der Waals surface area contributed by atoms with E-state index in [-0.39, 0.29) is 5.56 Å². The molecule has 84 valence electrons. The molecule has 5 nitrogen and oxygen atoms in total. The van der Waals surface area contributed by atoms with Crippen molar-refractivity contribution in [1.29, 1.82) is 0 Å². The van der Waals surface area contributed by atoms with Gasteiger partial charge in [0.1, 0.15) is 0 Å². The summed E-state index contributed by atoms with van der Waals surface area (Å²) in [6.07, 6.45) is 1.19. The third kappa shape index (κ3) is 1.92. The number of hydrogen-bond donors (Lipinski definition) is 1. The van der Waals surface area contributed by atoms with Crippen LogP contribution in [-0.2, 0) is 0 Å². The van der Waals surface area contributed by atoms with Crippen LogP contribution in [0.3, 0.4) is 0 Å². The molecule has 2 aromatic rings. The maximum Gasteiger partial charge on any atom is 0.407 e. The van der Waals surface area contributed by atoms with Gasteiger partial charge in [-0.15, -0.1) is 5.10 Å². The van der Waals surface area contributed by atoms with E-state index >= 15 is 0 Å². The lowest BCUT2D eigenvalue weighted by Gasteiger charge is -1.99. The summed E-state index contributed by atoms with van der Waals surface area (Å²) in [5.41, 5.74) is 0.440. The fourth-order valence-electron chi connectivity index (χ4n) is 1.27. The molecule has 0 bridgehead atoms. The van der Waals surface area contributed by atoms with Crippen molar-refractivity contribution < 1.29 is 23.5 Å². The molecule has 1 heterocycles. The lowest BCUT2D eigenvalue weighted by Crippen LogP contribution is -2.16. The summed E-state index contributed by atoms with van der Waals surface area (Å²) in [5.74, 6) is -1.09. The molecule has 0 unspecified atom stereocenters. The van der Waals surface area contributed by atoms with Crippen LogP contribution >= 0.6 is 0 Å². The SMILES string of the molecule is O=C(O)c1ccc2nn(OC(F)F)cc2c1. The molecule has 0 aliphatic heterocycles. The number of carbonyl (C=O) groups is 1. The highest BCUT2D eigenvalue weighted by Crippen LogP contribution is 2.14. The van der Waals surface area contributed by atoms with Crippen molar-refractivity contribution in [3.8, 4) is 0 Å². The molecule has 0 radical (unpaired) electrons. The first kappa shape index (κ1) is 10.3. The second kappa shape index (κ2) is 3.76. The minimum Gasteiger partial charge on any atom is -0.478 e. The Labute approximate surface area is 87.8 Å². The Morgan fingerprint density at radius 1 is 1.50 bits per heavy atom. The Morgan fingerprint density at radius 3 is 2.88 bits per heavy atom. The zero-order valence-electron chi connectivity index (χ0n) is 7.80. The second-order valence-corrected chi connectivity index (χ2v) is 2.98. The first-order chi connectivity index (χ1) is 7.56. The number of alkyl halides is 2. The molecule has 0 aliphatic rings. The number of aromatic carboxylic acids is 1. The highest BCUT2D eigenvalue weighted by Gasteiger charge is 2.09. The van der Waals surface area contributed by atoms with Gasteiger partial charge in [-0.2, -0.15) is 8.78 Å². The Morgan fingerprint density at radius 2 is 2.25 bits per heavy atom. The van der Waals surface area contributed by atoms with E-state index in [0.29, 0.717) is 15.7 Å². The molecule has 0 fully saturated rings. The van der Waals surface area contributed by atoms with Crippen LogP contribution in [0, 0.1) is 0 Å². The lowest BCUT2D eigenvalue weighted by atomic mass is 10.2. The van der Waals surface area contributed by atoms with Gasteiger partial charge in [0.15, 0.2) is 0 Å². The van der Waals surface area contributed by atoms with E-state index in [1.165, 1.54) is 24.4 Å². The minimum absolute atomic E-state index is 0.0593. The van der Waals surface area contributed by atoms with Gasteiger partial charge in [0.25, 0.3) is 0 Å². The van der Waals surface area contributed by atoms with Crippen LogP contribution in [0.2, 0.25) is 0 Å². The van der Waals surface area contributed by atoms with Crippen LogP contribution in [0.15, 0.2) is 24.4 Å². The fourth-order valence-corrected chi connectivity index (χ4v) is 1.27. The molecule has 1 aromatic carbocycles. The Hall–Kier alpha value is -2.18. The average molecular weight is 228 g/mol. The highest BCUT2D eigenvalue weighted by molar-refractivity contribution is 5.93. The van der Waals surface area contributed by atoms with Crippen molar-refractivity contribution in [2.24, 2.45) is 0 Å². The molecular formula is C9H6F2N2O3. The minimum atomic E-state index is -2.98. The standard InChI is InChI=1S/C9H6F2N2O3/c10-9(11)16-13-4-6-3-5(8(14)15)1-2-7(6)12-13/h1-4,9H,(H,14,15). The number of hydrogen-bond acceptors (Lipinski definition) is 3. The second-order valence-electron chi connectivity index (χ2n) is 2.98. The van der Waals surface area contributed by atoms with Crippen LogP contribution in [0.1, 0.15) is 10.4 Å². The van der Waals surface area contributed by atoms with Crippen molar-refractivity contribution in [1.82, 2.24) is 9.94 Å². The van der Waals surface area contributed by atoms with Crippen molar-refractivity contribution in [3.63, 3.8) is 0 Å². The summed E-state index contributed by atoms with van der Waals surface area (Å²) < 4.78 is 23.8. The zero-order valence-corrected chi connectivity index (χ0v) is 7.80. The van der Waals surface area contributed by atoms with E-state index in [4.69, 9.17) is 5.11 Å². The smallest absolute Gasteiger partial charge is 0.407 e.